The Morgan fingerprint density at radius 1 is 0.543 bits per heavy atom. The fourth-order valence-electron chi connectivity index (χ4n) is 3.26. The van der Waals surface area contributed by atoms with Crippen LogP contribution < -0.4 is 0 Å². The molecule has 0 rings (SSSR count). The van der Waals surface area contributed by atoms with E-state index in [2.05, 4.69) is 39.1 Å². The van der Waals surface area contributed by atoms with Crippen molar-refractivity contribution in [3.63, 3.8) is 0 Å². The summed E-state index contributed by atoms with van der Waals surface area (Å²) in [4.78, 5) is 22.1. The summed E-state index contributed by atoms with van der Waals surface area (Å²) in [5.74, 6) is 0. The van der Waals surface area contributed by atoms with Crippen LogP contribution in [0.1, 0.15) is 144 Å². The summed E-state index contributed by atoms with van der Waals surface area (Å²) < 4.78 is 3.25. The van der Waals surface area contributed by atoms with Crippen LogP contribution in [0.4, 0.5) is 0 Å². The molecule has 4 nitrogen and oxygen atoms in total. The summed E-state index contributed by atoms with van der Waals surface area (Å²) in [5.41, 5.74) is -2.44. The summed E-state index contributed by atoms with van der Waals surface area (Å²) in [6.45, 7) is 12.7. The van der Waals surface area contributed by atoms with E-state index in [0.29, 0.717) is 25.7 Å². The number of carbonyl (C=O) groups is 2. The van der Waals surface area contributed by atoms with Gasteiger partial charge in [-0.2, -0.15) is 0 Å². The SMILES string of the molecule is CCCCC(O)(CCCC)C(=O)[S-].CCCCC(O)(CCCC)C(=O)[S-].CCC[CH2][Sn+2][CH2]CCC. The Morgan fingerprint density at radius 3 is 0.943 bits per heavy atom. The Bertz CT molecular complexity index is 432. The zero-order valence-corrected chi connectivity index (χ0v) is 28.2. The average molecular weight is 640 g/mol. The summed E-state index contributed by atoms with van der Waals surface area (Å²) >= 11 is 9.25. The Balaban J connectivity index is -0.000000448. The van der Waals surface area contributed by atoms with Crippen molar-refractivity contribution in [3.8, 4) is 0 Å². The van der Waals surface area contributed by atoms with Gasteiger partial charge < -0.3 is 45.1 Å². The second-order valence-corrected chi connectivity index (χ2v) is 14.5. The number of hydrogen-bond acceptors (Lipinski definition) is 6. The van der Waals surface area contributed by atoms with Gasteiger partial charge in [-0.3, -0.25) is 0 Å². The predicted molar refractivity (Wildman–Crippen MR) is 158 cm³/mol. The second kappa shape index (κ2) is 27.5. The molecule has 0 aromatic rings. The molecule has 0 aliphatic rings. The van der Waals surface area contributed by atoms with Gasteiger partial charge in [0.1, 0.15) is 11.2 Å². The Kier molecular flexibility index (Phi) is 31.5. The van der Waals surface area contributed by atoms with Crippen molar-refractivity contribution in [2.45, 2.75) is 164 Å². The van der Waals surface area contributed by atoms with Crippen LogP contribution >= 0.6 is 0 Å². The maximum absolute atomic E-state index is 11.0. The van der Waals surface area contributed by atoms with Crippen molar-refractivity contribution >= 4 is 56.6 Å². The molecule has 208 valence electrons. The number of hydrogen-bond donors (Lipinski definition) is 2. The van der Waals surface area contributed by atoms with Crippen LogP contribution in [0, 0.1) is 0 Å². The third-order valence-electron chi connectivity index (χ3n) is 5.95. The average Bonchev–Trinajstić information content (AvgIpc) is 2.84. The third-order valence-corrected chi connectivity index (χ3v) is 10.7. The van der Waals surface area contributed by atoms with E-state index in [4.69, 9.17) is 0 Å². The molecule has 0 aliphatic heterocycles. The van der Waals surface area contributed by atoms with Gasteiger partial charge in [-0.15, -0.1) is 0 Å². The molecule has 0 aliphatic carbocycles. The Labute approximate surface area is 239 Å². The van der Waals surface area contributed by atoms with E-state index in [1.807, 2.05) is 27.7 Å². The third kappa shape index (κ3) is 24.6. The minimum atomic E-state index is -1.22. The van der Waals surface area contributed by atoms with Gasteiger partial charge in [0.05, 0.1) is 0 Å². The molecule has 0 bridgehead atoms. The first kappa shape index (κ1) is 40.0. The number of rotatable bonds is 20. The predicted octanol–water partition coefficient (Wildman–Crippen LogP) is 7.47. The van der Waals surface area contributed by atoms with Crippen LogP contribution in [0.15, 0.2) is 0 Å². The molecular formula is C28H56O4S2Sn. The van der Waals surface area contributed by atoms with Crippen LogP contribution in [0.5, 0.6) is 0 Å². The molecule has 7 heteroatoms. The molecular weight excluding hydrogens is 583 g/mol. The van der Waals surface area contributed by atoms with E-state index in [1.165, 1.54) is 25.7 Å². The summed E-state index contributed by atoms with van der Waals surface area (Å²) in [6, 6.07) is 0. The normalized spacial score (nSPS) is 11.0. The zero-order valence-electron chi connectivity index (χ0n) is 23.8. The molecule has 2 N–H and O–H groups in total. The molecule has 35 heavy (non-hydrogen) atoms. The van der Waals surface area contributed by atoms with E-state index in [1.54, 1.807) is 8.87 Å². The summed E-state index contributed by atoms with van der Waals surface area (Å²) in [7, 11) is 0. The van der Waals surface area contributed by atoms with Gasteiger partial charge >= 0.3 is 69.5 Å². The van der Waals surface area contributed by atoms with Crippen molar-refractivity contribution in [1.29, 1.82) is 0 Å². The Hall–Kier alpha value is 0.499. The van der Waals surface area contributed by atoms with Gasteiger partial charge in [-0.1, -0.05) is 79.1 Å². The molecule has 0 amide bonds. The first-order chi connectivity index (χ1) is 16.5. The number of aliphatic hydroxyl groups is 2. The second-order valence-electron chi connectivity index (χ2n) is 9.51. The summed E-state index contributed by atoms with van der Waals surface area (Å²) in [5, 5.41) is 18.8. The van der Waals surface area contributed by atoms with Crippen LogP contribution in [0.25, 0.3) is 0 Å². The number of unbranched alkanes of at least 4 members (excludes halogenated alkanes) is 6. The fraction of sp³-hybridized carbons (Fsp3) is 0.929. The number of carbonyl (C=O) groups excluding carboxylic acids is 2. The topological polar surface area (TPSA) is 74.6 Å². The minimum absolute atomic E-state index is 0.149. The molecule has 0 unspecified atom stereocenters. The molecule has 0 fully saturated rings. The van der Waals surface area contributed by atoms with E-state index >= 15 is 0 Å². The van der Waals surface area contributed by atoms with Crippen molar-refractivity contribution in [2.75, 3.05) is 0 Å². The zero-order chi connectivity index (χ0) is 27.6. The monoisotopic (exact) mass is 640 g/mol. The van der Waals surface area contributed by atoms with Crippen molar-refractivity contribution in [1.82, 2.24) is 0 Å². The van der Waals surface area contributed by atoms with E-state index in [-0.39, 0.29) is 21.1 Å². The molecule has 0 atom stereocenters. The molecule has 0 saturated heterocycles. The first-order valence-corrected chi connectivity index (χ1v) is 19.0. The standard InChI is InChI=1S/2C10H20O2S.2C4H9.Sn/c2*1-3-5-7-10(12,9(11)13)8-6-4-2;2*1-3-4-2;/h2*12H,3-8H2,1-2H3,(H,11,13);2*1,3-4H2,2H3;/q;;;;+2/p-2. The van der Waals surface area contributed by atoms with E-state index in [9.17, 15) is 19.8 Å². The molecule has 0 radical (unpaired) electrons. The fourth-order valence-corrected chi connectivity index (χ4v) is 7.83. The van der Waals surface area contributed by atoms with Crippen molar-refractivity contribution in [2.24, 2.45) is 0 Å². The van der Waals surface area contributed by atoms with E-state index in [0.717, 1.165) is 51.4 Å². The van der Waals surface area contributed by atoms with Gasteiger partial charge in [-0.05, 0) is 25.7 Å². The Morgan fingerprint density at radius 2 is 0.771 bits per heavy atom. The van der Waals surface area contributed by atoms with Crippen molar-refractivity contribution < 1.29 is 19.8 Å². The van der Waals surface area contributed by atoms with Crippen LogP contribution in [-0.2, 0) is 34.8 Å². The molecule has 0 aromatic heterocycles. The van der Waals surface area contributed by atoms with Crippen LogP contribution in [0.2, 0.25) is 8.87 Å². The molecule has 0 spiro atoms. The molecule has 0 heterocycles. The van der Waals surface area contributed by atoms with Crippen LogP contribution in [0.3, 0.4) is 0 Å². The van der Waals surface area contributed by atoms with Gasteiger partial charge in [0.25, 0.3) is 0 Å². The molecule has 0 aromatic carbocycles. The van der Waals surface area contributed by atoms with Crippen molar-refractivity contribution in [3.05, 3.63) is 0 Å². The van der Waals surface area contributed by atoms with E-state index < -0.39 is 21.4 Å². The maximum atomic E-state index is 11.0. The van der Waals surface area contributed by atoms with Gasteiger partial charge in [0.15, 0.2) is 0 Å². The quantitative estimate of drug-likeness (QED) is 0.0818. The van der Waals surface area contributed by atoms with Crippen LogP contribution in [-0.4, -0.2) is 52.8 Å². The summed E-state index contributed by atoms with van der Waals surface area (Å²) in [6.07, 6.45) is 15.3. The molecule has 0 saturated carbocycles. The van der Waals surface area contributed by atoms with Gasteiger partial charge in [-0.25, -0.2) is 0 Å². The first-order valence-electron chi connectivity index (χ1n) is 14.1. The van der Waals surface area contributed by atoms with Gasteiger partial charge in [0, 0.05) is 10.2 Å². The van der Waals surface area contributed by atoms with Gasteiger partial charge in [0.2, 0.25) is 0 Å².